The second kappa shape index (κ2) is 5.38. The lowest BCUT2D eigenvalue weighted by atomic mass is 10.1. The fraction of sp³-hybridized carbons (Fsp3) is 0.538. The van der Waals surface area contributed by atoms with Crippen molar-refractivity contribution in [2.45, 2.75) is 32.8 Å². The van der Waals surface area contributed by atoms with E-state index in [1.165, 1.54) is 0 Å². The van der Waals surface area contributed by atoms with Gasteiger partial charge in [-0.3, -0.25) is 4.72 Å². The van der Waals surface area contributed by atoms with Gasteiger partial charge >= 0.3 is 0 Å². The second-order valence-electron chi connectivity index (χ2n) is 4.97. The van der Waals surface area contributed by atoms with Crippen LogP contribution in [0.25, 0.3) is 0 Å². The molecule has 1 fully saturated rings. The van der Waals surface area contributed by atoms with E-state index in [-0.39, 0.29) is 17.6 Å². The van der Waals surface area contributed by atoms with E-state index in [0.717, 1.165) is 12.8 Å². The highest BCUT2D eigenvalue weighted by Gasteiger charge is 2.23. The molecule has 1 atom stereocenters. The average Bonchev–Trinajstić information content (AvgIpc) is 2.77. The Hall–Kier alpha value is -1.27. The highest BCUT2D eigenvalue weighted by Crippen LogP contribution is 2.26. The topological polar surface area (TPSA) is 75.6 Å². The lowest BCUT2D eigenvalue weighted by Crippen LogP contribution is -2.26. The van der Waals surface area contributed by atoms with Gasteiger partial charge in [0.05, 0.1) is 17.5 Å². The Kier molecular flexibility index (Phi) is 4.01. The molecular formula is C13H19NO4S. The van der Waals surface area contributed by atoms with Crippen molar-refractivity contribution in [3.05, 3.63) is 23.3 Å². The molecule has 0 bridgehead atoms. The molecule has 19 heavy (non-hydrogen) atoms. The van der Waals surface area contributed by atoms with Crippen LogP contribution in [0.2, 0.25) is 0 Å². The van der Waals surface area contributed by atoms with Gasteiger partial charge in [0.25, 0.3) is 0 Å². The third kappa shape index (κ3) is 3.61. The Bertz CT molecular complexity index is 562. The summed E-state index contributed by atoms with van der Waals surface area (Å²) in [5, 5.41) is 9.56. The first-order chi connectivity index (χ1) is 8.87. The first kappa shape index (κ1) is 14.1. The number of sulfonamides is 1. The van der Waals surface area contributed by atoms with Crippen molar-refractivity contribution < 1.29 is 18.3 Å². The van der Waals surface area contributed by atoms with E-state index in [9.17, 15) is 13.5 Å². The predicted octanol–water partition coefficient (Wildman–Crippen LogP) is 1.93. The molecule has 1 saturated heterocycles. The number of hydrogen-bond acceptors (Lipinski definition) is 4. The van der Waals surface area contributed by atoms with Gasteiger partial charge in [0.15, 0.2) is 0 Å². The Morgan fingerprint density at radius 3 is 2.74 bits per heavy atom. The Labute approximate surface area is 113 Å². The number of hydrogen-bond donors (Lipinski definition) is 2. The van der Waals surface area contributed by atoms with Crippen molar-refractivity contribution >= 4 is 15.7 Å². The SMILES string of the molecule is Cc1cc(NS(=O)(=O)CC2CCCO2)c(C)cc1O. The molecule has 0 aromatic heterocycles. The lowest BCUT2D eigenvalue weighted by Gasteiger charge is -2.14. The van der Waals surface area contributed by atoms with Crippen LogP contribution in [-0.4, -0.2) is 32.0 Å². The molecule has 0 amide bonds. The summed E-state index contributed by atoms with van der Waals surface area (Å²) in [7, 11) is -3.43. The van der Waals surface area contributed by atoms with Crippen LogP contribution in [0.3, 0.4) is 0 Å². The van der Waals surface area contributed by atoms with Crippen LogP contribution in [0.5, 0.6) is 5.75 Å². The smallest absolute Gasteiger partial charge is 0.235 e. The van der Waals surface area contributed by atoms with Crippen molar-refractivity contribution in [2.75, 3.05) is 17.1 Å². The van der Waals surface area contributed by atoms with Gasteiger partial charge in [-0.15, -0.1) is 0 Å². The molecule has 106 valence electrons. The third-order valence-corrected chi connectivity index (χ3v) is 4.58. The van der Waals surface area contributed by atoms with Gasteiger partial charge in [-0.1, -0.05) is 0 Å². The van der Waals surface area contributed by atoms with E-state index < -0.39 is 10.0 Å². The summed E-state index contributed by atoms with van der Waals surface area (Å²) in [4.78, 5) is 0. The van der Waals surface area contributed by atoms with E-state index in [1.54, 1.807) is 26.0 Å². The predicted molar refractivity (Wildman–Crippen MR) is 74.0 cm³/mol. The molecule has 0 radical (unpaired) electrons. The maximum absolute atomic E-state index is 12.1. The van der Waals surface area contributed by atoms with Crippen LogP contribution in [-0.2, 0) is 14.8 Å². The number of rotatable bonds is 4. The van der Waals surface area contributed by atoms with Crippen molar-refractivity contribution in [1.82, 2.24) is 0 Å². The van der Waals surface area contributed by atoms with Crippen molar-refractivity contribution in [3.8, 4) is 5.75 Å². The van der Waals surface area contributed by atoms with Crippen LogP contribution in [0, 0.1) is 13.8 Å². The molecule has 0 saturated carbocycles. The number of aryl methyl sites for hydroxylation is 2. The standard InChI is InChI=1S/C13H19NO4S/c1-9-7-13(15)10(2)6-12(9)14-19(16,17)8-11-4-3-5-18-11/h6-7,11,14-15H,3-5,8H2,1-2H3. The van der Waals surface area contributed by atoms with E-state index >= 15 is 0 Å². The van der Waals surface area contributed by atoms with Gasteiger partial charge in [-0.05, 0) is 49.9 Å². The number of phenolic OH excluding ortho intramolecular Hbond substituents is 1. The number of ether oxygens (including phenoxy) is 1. The minimum Gasteiger partial charge on any atom is -0.508 e. The molecule has 1 aromatic carbocycles. The zero-order valence-electron chi connectivity index (χ0n) is 11.1. The molecule has 0 aliphatic carbocycles. The minimum absolute atomic E-state index is 0.0215. The molecule has 1 aliphatic rings. The van der Waals surface area contributed by atoms with E-state index in [2.05, 4.69) is 4.72 Å². The summed E-state index contributed by atoms with van der Waals surface area (Å²) >= 11 is 0. The van der Waals surface area contributed by atoms with Gasteiger partial charge in [0.2, 0.25) is 10.0 Å². The highest BCUT2D eigenvalue weighted by molar-refractivity contribution is 7.92. The Morgan fingerprint density at radius 1 is 1.37 bits per heavy atom. The monoisotopic (exact) mass is 285 g/mol. The molecule has 2 rings (SSSR count). The minimum atomic E-state index is -3.43. The highest BCUT2D eigenvalue weighted by atomic mass is 32.2. The maximum atomic E-state index is 12.1. The van der Waals surface area contributed by atoms with Gasteiger partial charge in [0.1, 0.15) is 5.75 Å². The van der Waals surface area contributed by atoms with Crippen LogP contribution < -0.4 is 4.72 Å². The molecular weight excluding hydrogens is 266 g/mol. The number of benzene rings is 1. The van der Waals surface area contributed by atoms with Crippen LogP contribution in [0.1, 0.15) is 24.0 Å². The molecule has 6 heteroatoms. The fourth-order valence-corrected chi connectivity index (χ4v) is 3.53. The van der Waals surface area contributed by atoms with Crippen LogP contribution in [0.4, 0.5) is 5.69 Å². The first-order valence-electron chi connectivity index (χ1n) is 6.30. The normalized spacial score (nSPS) is 19.6. The quantitative estimate of drug-likeness (QED) is 0.829. The van der Waals surface area contributed by atoms with Crippen LogP contribution >= 0.6 is 0 Å². The first-order valence-corrected chi connectivity index (χ1v) is 7.95. The number of nitrogens with one attached hydrogen (secondary N) is 1. The van der Waals surface area contributed by atoms with Crippen LogP contribution in [0.15, 0.2) is 12.1 Å². The molecule has 0 spiro atoms. The summed E-state index contributed by atoms with van der Waals surface area (Å²) in [6.45, 7) is 4.12. The number of phenols is 1. The van der Waals surface area contributed by atoms with Gasteiger partial charge in [-0.2, -0.15) is 0 Å². The molecule has 1 aromatic rings. The van der Waals surface area contributed by atoms with E-state index in [0.29, 0.717) is 23.4 Å². The zero-order valence-corrected chi connectivity index (χ0v) is 12.0. The number of anilines is 1. The zero-order chi connectivity index (χ0) is 14.0. The average molecular weight is 285 g/mol. The van der Waals surface area contributed by atoms with Crippen molar-refractivity contribution in [3.63, 3.8) is 0 Å². The Morgan fingerprint density at radius 2 is 2.11 bits per heavy atom. The summed E-state index contributed by atoms with van der Waals surface area (Å²) in [5.74, 6) is 0.145. The van der Waals surface area contributed by atoms with Crippen molar-refractivity contribution in [1.29, 1.82) is 0 Å². The Balaban J connectivity index is 2.13. The number of aromatic hydroxyl groups is 1. The summed E-state index contributed by atoms with van der Waals surface area (Å²) in [6.07, 6.45) is 1.49. The molecule has 2 N–H and O–H groups in total. The summed E-state index contributed by atoms with van der Waals surface area (Å²) in [5.41, 5.74) is 1.84. The van der Waals surface area contributed by atoms with E-state index in [4.69, 9.17) is 4.74 Å². The van der Waals surface area contributed by atoms with Gasteiger partial charge < -0.3 is 9.84 Å². The third-order valence-electron chi connectivity index (χ3n) is 3.24. The fourth-order valence-electron chi connectivity index (χ4n) is 2.14. The molecule has 1 heterocycles. The maximum Gasteiger partial charge on any atom is 0.235 e. The lowest BCUT2D eigenvalue weighted by molar-refractivity contribution is 0.127. The molecule has 1 aliphatic heterocycles. The largest absolute Gasteiger partial charge is 0.508 e. The van der Waals surface area contributed by atoms with Crippen molar-refractivity contribution in [2.24, 2.45) is 0 Å². The van der Waals surface area contributed by atoms with Gasteiger partial charge in [-0.25, -0.2) is 8.42 Å². The van der Waals surface area contributed by atoms with E-state index in [1.807, 2.05) is 0 Å². The molecule has 5 nitrogen and oxygen atoms in total. The van der Waals surface area contributed by atoms with Gasteiger partial charge in [0, 0.05) is 6.61 Å². The molecule has 1 unspecified atom stereocenters. The summed E-state index contributed by atoms with van der Waals surface area (Å²) < 4.78 is 32.0. The second-order valence-corrected chi connectivity index (χ2v) is 6.74. The summed E-state index contributed by atoms with van der Waals surface area (Å²) in [6, 6.07) is 3.19.